The zero-order chi connectivity index (χ0) is 25.7. The van der Waals surface area contributed by atoms with Gasteiger partial charge < -0.3 is 30.2 Å². The molecule has 2 aromatic heterocycles. The Kier molecular flexibility index (Phi) is 7.45. The third kappa shape index (κ3) is 5.61. The molecule has 0 radical (unpaired) electrons. The summed E-state index contributed by atoms with van der Waals surface area (Å²) in [5, 5.41) is 6.12. The molecular formula is C26H30N8O2. The van der Waals surface area contributed by atoms with Crippen LogP contribution < -0.4 is 20.3 Å². The fraction of sp³-hybridized carbons (Fsp3) is 0.231. The summed E-state index contributed by atoms with van der Waals surface area (Å²) in [4.78, 5) is 33.2. The molecule has 0 unspecified atom stereocenters. The summed E-state index contributed by atoms with van der Waals surface area (Å²) in [5.74, 6) is 1.28. The molecule has 0 saturated heterocycles. The van der Waals surface area contributed by atoms with Gasteiger partial charge in [-0.05, 0) is 44.4 Å². The topological polar surface area (TPSA) is 111 Å². The van der Waals surface area contributed by atoms with E-state index in [1.54, 1.807) is 25.4 Å². The number of carbonyl (C=O) groups excluding carboxylic acids is 1. The van der Waals surface area contributed by atoms with Crippen LogP contribution in [0.5, 0.6) is 5.75 Å². The van der Waals surface area contributed by atoms with Crippen molar-refractivity contribution in [2.45, 2.75) is 0 Å². The molecule has 10 heteroatoms. The minimum absolute atomic E-state index is 0.309. The van der Waals surface area contributed by atoms with Crippen LogP contribution in [0.2, 0.25) is 0 Å². The summed E-state index contributed by atoms with van der Waals surface area (Å²) in [6.07, 6.45) is 2.90. The smallest absolute Gasteiger partial charge is 0.247 e. The van der Waals surface area contributed by atoms with E-state index in [0.29, 0.717) is 34.6 Å². The quantitative estimate of drug-likeness (QED) is 0.290. The molecule has 3 N–H and O–H groups in total. The molecule has 36 heavy (non-hydrogen) atoms. The summed E-state index contributed by atoms with van der Waals surface area (Å²) in [6, 6.07) is 13.3. The Balaban J connectivity index is 1.67. The Morgan fingerprint density at radius 2 is 1.92 bits per heavy atom. The highest BCUT2D eigenvalue weighted by atomic mass is 16.5. The molecule has 0 aliphatic rings. The van der Waals surface area contributed by atoms with E-state index in [4.69, 9.17) is 4.74 Å². The van der Waals surface area contributed by atoms with Crippen molar-refractivity contribution in [3.05, 3.63) is 61.3 Å². The van der Waals surface area contributed by atoms with E-state index in [1.165, 1.54) is 6.08 Å². The van der Waals surface area contributed by atoms with Crippen LogP contribution in [-0.4, -0.2) is 72.1 Å². The van der Waals surface area contributed by atoms with Crippen molar-refractivity contribution in [3.63, 3.8) is 0 Å². The van der Waals surface area contributed by atoms with Gasteiger partial charge in [0.05, 0.1) is 35.2 Å². The molecule has 0 spiro atoms. The predicted molar refractivity (Wildman–Crippen MR) is 144 cm³/mol. The summed E-state index contributed by atoms with van der Waals surface area (Å²) < 4.78 is 5.67. The molecule has 4 aromatic rings. The molecule has 2 heterocycles. The van der Waals surface area contributed by atoms with E-state index in [9.17, 15) is 4.79 Å². The average molecular weight is 487 g/mol. The zero-order valence-corrected chi connectivity index (χ0v) is 20.9. The number of anilines is 4. The van der Waals surface area contributed by atoms with Crippen molar-refractivity contribution in [3.8, 4) is 17.3 Å². The number of methoxy groups -OCH3 is 1. The van der Waals surface area contributed by atoms with Crippen LogP contribution in [0.4, 0.5) is 23.0 Å². The molecule has 2 aromatic carbocycles. The van der Waals surface area contributed by atoms with Gasteiger partial charge in [0.25, 0.3) is 0 Å². The number of fused-ring (bicyclic) bond motifs is 1. The second kappa shape index (κ2) is 10.9. The normalized spacial score (nSPS) is 10.9. The van der Waals surface area contributed by atoms with Crippen LogP contribution in [0, 0.1) is 0 Å². The van der Waals surface area contributed by atoms with Gasteiger partial charge in [-0.15, -0.1) is 0 Å². The van der Waals surface area contributed by atoms with Crippen LogP contribution >= 0.6 is 0 Å². The Labute approximate surface area is 210 Å². The number of hydrogen-bond donors (Lipinski definition) is 3. The standard InChI is InChI=1S/C26H30N8O2/c1-6-24(35)28-20-15-21(23(36-5)16-22(20)34(4)14-13-33(2)3)32-26-27-12-11-19(31-26)25-29-17-9-7-8-10-18(17)30-25/h6-12,15-16H,1,13-14H2,2-5H3,(H,28,35)(H,29,30)(H,27,31,32). The molecule has 0 atom stereocenters. The van der Waals surface area contributed by atoms with E-state index in [0.717, 1.165) is 29.8 Å². The largest absolute Gasteiger partial charge is 0.494 e. The maximum atomic E-state index is 12.2. The number of imidazole rings is 1. The SMILES string of the molecule is C=CC(=O)Nc1cc(Nc2nccc(-c3nc4ccccc4[nH]3)n2)c(OC)cc1N(C)CCN(C)C. The molecule has 0 fully saturated rings. The minimum atomic E-state index is -0.309. The monoisotopic (exact) mass is 486 g/mol. The Morgan fingerprint density at radius 1 is 1.11 bits per heavy atom. The molecule has 0 saturated carbocycles. The van der Waals surface area contributed by atoms with E-state index in [2.05, 4.69) is 46.9 Å². The van der Waals surface area contributed by atoms with Gasteiger partial charge in [0.15, 0.2) is 5.82 Å². The van der Waals surface area contributed by atoms with E-state index < -0.39 is 0 Å². The minimum Gasteiger partial charge on any atom is -0.494 e. The van der Waals surface area contributed by atoms with Crippen LogP contribution in [0.25, 0.3) is 22.6 Å². The number of para-hydroxylation sites is 2. The molecule has 186 valence electrons. The Hall–Kier alpha value is -4.44. The molecule has 1 amide bonds. The van der Waals surface area contributed by atoms with Gasteiger partial charge in [-0.1, -0.05) is 18.7 Å². The number of likely N-dealkylation sites (N-methyl/N-ethyl adjacent to an activating group) is 2. The maximum Gasteiger partial charge on any atom is 0.247 e. The number of aromatic nitrogens is 4. The third-order valence-electron chi connectivity index (χ3n) is 5.59. The lowest BCUT2D eigenvalue weighted by Gasteiger charge is -2.26. The molecule has 0 aliphatic heterocycles. The molecule has 4 rings (SSSR count). The van der Waals surface area contributed by atoms with E-state index in [-0.39, 0.29) is 5.91 Å². The predicted octanol–water partition coefficient (Wildman–Crippen LogP) is 3.89. The molecule has 0 aliphatic carbocycles. The van der Waals surface area contributed by atoms with Crippen molar-refractivity contribution in [2.75, 3.05) is 56.9 Å². The number of ether oxygens (including phenoxy) is 1. The summed E-state index contributed by atoms with van der Waals surface area (Å²) in [6.45, 7) is 5.16. The lowest BCUT2D eigenvalue weighted by molar-refractivity contribution is -0.111. The summed E-state index contributed by atoms with van der Waals surface area (Å²) in [7, 11) is 7.59. The lowest BCUT2D eigenvalue weighted by Crippen LogP contribution is -2.29. The van der Waals surface area contributed by atoms with Crippen LogP contribution in [-0.2, 0) is 4.79 Å². The first-order valence-corrected chi connectivity index (χ1v) is 11.4. The number of amides is 1. The first kappa shape index (κ1) is 24.7. The Bertz CT molecular complexity index is 1350. The number of nitrogens with one attached hydrogen (secondary N) is 3. The highest BCUT2D eigenvalue weighted by molar-refractivity contribution is 6.02. The van der Waals surface area contributed by atoms with Gasteiger partial charge in [-0.2, -0.15) is 0 Å². The fourth-order valence-corrected chi connectivity index (χ4v) is 3.65. The van der Waals surface area contributed by atoms with Crippen LogP contribution in [0.15, 0.2) is 61.3 Å². The van der Waals surface area contributed by atoms with Gasteiger partial charge in [0.2, 0.25) is 11.9 Å². The highest BCUT2D eigenvalue weighted by Crippen LogP contribution is 2.38. The van der Waals surface area contributed by atoms with Crippen LogP contribution in [0.3, 0.4) is 0 Å². The zero-order valence-electron chi connectivity index (χ0n) is 20.9. The van der Waals surface area contributed by atoms with Gasteiger partial charge in [-0.25, -0.2) is 15.0 Å². The van der Waals surface area contributed by atoms with Gasteiger partial charge >= 0.3 is 0 Å². The Morgan fingerprint density at radius 3 is 2.64 bits per heavy atom. The molecular weight excluding hydrogens is 456 g/mol. The van der Waals surface area contributed by atoms with Crippen molar-refractivity contribution in [1.29, 1.82) is 0 Å². The number of hydrogen-bond acceptors (Lipinski definition) is 8. The second-order valence-corrected chi connectivity index (χ2v) is 8.48. The second-order valence-electron chi connectivity index (χ2n) is 8.48. The van der Waals surface area contributed by atoms with Crippen LogP contribution in [0.1, 0.15) is 0 Å². The molecule has 10 nitrogen and oxygen atoms in total. The van der Waals surface area contributed by atoms with Crippen molar-refractivity contribution in [1.82, 2.24) is 24.8 Å². The van der Waals surface area contributed by atoms with Gasteiger partial charge in [0.1, 0.15) is 11.4 Å². The van der Waals surface area contributed by atoms with E-state index >= 15 is 0 Å². The van der Waals surface area contributed by atoms with Gasteiger partial charge in [-0.3, -0.25) is 4.79 Å². The summed E-state index contributed by atoms with van der Waals surface area (Å²) >= 11 is 0. The molecule has 0 bridgehead atoms. The van der Waals surface area contributed by atoms with Crippen molar-refractivity contribution < 1.29 is 9.53 Å². The number of nitrogens with zero attached hydrogens (tertiary/aromatic N) is 5. The first-order chi connectivity index (χ1) is 17.4. The highest BCUT2D eigenvalue weighted by Gasteiger charge is 2.17. The third-order valence-corrected chi connectivity index (χ3v) is 5.59. The number of rotatable bonds is 10. The van der Waals surface area contributed by atoms with Crippen molar-refractivity contribution >= 4 is 40.0 Å². The van der Waals surface area contributed by atoms with Crippen molar-refractivity contribution in [2.24, 2.45) is 0 Å². The number of benzene rings is 2. The van der Waals surface area contributed by atoms with E-state index in [1.807, 2.05) is 51.5 Å². The summed E-state index contributed by atoms with van der Waals surface area (Å²) in [5.41, 5.74) is 4.45. The number of H-pyrrole nitrogens is 1. The maximum absolute atomic E-state index is 12.2. The number of carbonyl (C=O) groups is 1. The lowest BCUT2D eigenvalue weighted by atomic mass is 10.2. The van der Waals surface area contributed by atoms with Gasteiger partial charge in [0, 0.05) is 32.4 Å². The first-order valence-electron chi connectivity index (χ1n) is 11.4. The average Bonchev–Trinajstić information content (AvgIpc) is 3.32. The fourth-order valence-electron chi connectivity index (χ4n) is 3.65. The number of aromatic amines is 1.